The second-order valence-electron chi connectivity index (χ2n) is 14.7. The number of nitrogens with zero attached hydrogens (tertiary/aromatic N) is 2. The number of aromatic nitrogens is 1. The molecule has 43 heavy (non-hydrogen) atoms. The largest absolute Gasteiger partial charge is 0.495 e. The Morgan fingerprint density at radius 3 is 2.23 bits per heavy atom. The minimum atomic E-state index is -1.98. The molecule has 0 unspecified atom stereocenters. The third kappa shape index (κ3) is 8.69. The minimum absolute atomic E-state index is 0.0614. The highest BCUT2D eigenvalue weighted by Crippen LogP contribution is 2.38. The predicted molar refractivity (Wildman–Crippen MR) is 177 cm³/mol. The van der Waals surface area contributed by atoms with Crippen molar-refractivity contribution >= 4 is 49.9 Å². The Morgan fingerprint density at radius 1 is 1.07 bits per heavy atom. The van der Waals surface area contributed by atoms with E-state index >= 15 is 0 Å². The third-order valence-corrected chi connectivity index (χ3v) is 14.0. The molecule has 9 nitrogen and oxygen atoms in total. The molecule has 1 saturated heterocycles. The zero-order valence-electron chi connectivity index (χ0n) is 28.3. The molecule has 0 bridgehead atoms. The van der Waals surface area contributed by atoms with E-state index in [0.717, 1.165) is 15.9 Å². The molecule has 1 aromatic heterocycles. The highest BCUT2D eigenvalue weighted by Gasteiger charge is 2.52. The predicted octanol–water partition coefficient (Wildman–Crippen LogP) is 6.76. The van der Waals surface area contributed by atoms with Gasteiger partial charge >= 0.3 is 13.2 Å². The summed E-state index contributed by atoms with van der Waals surface area (Å²) in [5.74, 6) is -0.324. The first-order valence-corrected chi connectivity index (χ1v) is 18.6. The first-order valence-electron chi connectivity index (χ1n) is 14.9. The van der Waals surface area contributed by atoms with Crippen molar-refractivity contribution in [2.75, 3.05) is 18.5 Å². The average molecular weight is 632 g/mol. The van der Waals surface area contributed by atoms with Gasteiger partial charge in [-0.05, 0) is 90.6 Å². The van der Waals surface area contributed by atoms with Crippen LogP contribution >= 0.6 is 11.3 Å². The smallest absolute Gasteiger partial charge is 0.444 e. The van der Waals surface area contributed by atoms with Crippen molar-refractivity contribution in [3.8, 4) is 0 Å². The van der Waals surface area contributed by atoms with Crippen LogP contribution in [0.1, 0.15) is 89.5 Å². The lowest BCUT2D eigenvalue weighted by atomic mass is 9.76. The first-order chi connectivity index (χ1) is 19.5. The number of anilines is 1. The fourth-order valence-corrected chi connectivity index (χ4v) is 5.91. The standard InChI is InChI=1S/C31H50BN3O6SSi/c1-21-23(32-40-30(8,9)31(10,11)41-32)15-14-16-24(21)34-25(36)26-33-19-22(42-26)20-35(27(37)39-28(2,3)4)17-18-38-43(12,13)29(5,6)7/h14-16,19H,17-18,20H2,1-13H3,(H,34,36). The zero-order chi connectivity index (χ0) is 32.6. The average Bonchev–Trinajstić information content (AvgIpc) is 3.39. The van der Waals surface area contributed by atoms with Gasteiger partial charge in [-0.3, -0.25) is 4.79 Å². The fraction of sp³-hybridized carbons (Fsp3) is 0.645. The van der Waals surface area contributed by atoms with Crippen LogP contribution in [-0.4, -0.2) is 67.3 Å². The van der Waals surface area contributed by atoms with Crippen LogP contribution in [0.15, 0.2) is 24.4 Å². The molecule has 1 aliphatic heterocycles. The number of rotatable bonds is 9. The zero-order valence-corrected chi connectivity index (χ0v) is 30.1. The fourth-order valence-electron chi connectivity index (χ4n) is 4.05. The molecule has 2 amide bonds. The van der Waals surface area contributed by atoms with Crippen molar-refractivity contribution in [1.82, 2.24) is 9.88 Å². The van der Waals surface area contributed by atoms with Crippen molar-refractivity contribution in [3.63, 3.8) is 0 Å². The van der Waals surface area contributed by atoms with E-state index in [-0.39, 0.29) is 17.5 Å². The van der Waals surface area contributed by atoms with Gasteiger partial charge in [0, 0.05) is 23.3 Å². The van der Waals surface area contributed by atoms with Gasteiger partial charge in [0.2, 0.25) is 0 Å². The van der Waals surface area contributed by atoms with Gasteiger partial charge in [-0.15, -0.1) is 11.3 Å². The molecule has 1 fully saturated rings. The van der Waals surface area contributed by atoms with Crippen LogP contribution in [0.5, 0.6) is 0 Å². The first kappa shape index (κ1) is 35.2. The van der Waals surface area contributed by atoms with E-state index in [1.54, 1.807) is 11.1 Å². The number of hydrogen-bond acceptors (Lipinski definition) is 8. The third-order valence-electron chi connectivity index (χ3n) is 8.51. The SMILES string of the molecule is Cc1c(NC(=O)c2ncc(CN(CCO[Si](C)(C)C(C)(C)C)C(=O)OC(C)(C)C)s2)cccc1B1OC(C)(C)C(C)(C)O1. The number of nitrogens with one attached hydrogen (secondary N) is 1. The quantitative estimate of drug-likeness (QED) is 0.305. The van der Waals surface area contributed by atoms with Crippen LogP contribution in [0.4, 0.5) is 10.5 Å². The maximum absolute atomic E-state index is 13.3. The van der Waals surface area contributed by atoms with Gasteiger partial charge in [0.1, 0.15) is 5.60 Å². The van der Waals surface area contributed by atoms with E-state index in [1.165, 1.54) is 11.3 Å². The molecule has 0 atom stereocenters. The highest BCUT2D eigenvalue weighted by atomic mass is 32.1. The lowest BCUT2D eigenvalue weighted by Crippen LogP contribution is -2.44. The van der Waals surface area contributed by atoms with Crippen molar-refractivity contribution in [3.05, 3.63) is 39.8 Å². The van der Waals surface area contributed by atoms with Crippen LogP contribution in [-0.2, 0) is 25.0 Å². The molecule has 12 heteroatoms. The molecule has 1 N–H and O–H groups in total. The minimum Gasteiger partial charge on any atom is -0.444 e. The lowest BCUT2D eigenvalue weighted by Gasteiger charge is -2.37. The van der Waals surface area contributed by atoms with E-state index in [4.69, 9.17) is 18.5 Å². The Hall–Kier alpha value is -2.25. The normalized spacial score (nSPS) is 16.7. The number of carbonyl (C=O) groups is 2. The Morgan fingerprint density at radius 2 is 1.67 bits per heavy atom. The summed E-state index contributed by atoms with van der Waals surface area (Å²) < 4.78 is 24.5. The Balaban J connectivity index is 1.72. The molecular formula is C31H50BN3O6SSi. The number of benzene rings is 1. The van der Waals surface area contributed by atoms with Gasteiger partial charge < -0.3 is 28.7 Å². The number of hydrogen-bond donors (Lipinski definition) is 1. The summed E-state index contributed by atoms with van der Waals surface area (Å²) in [6.45, 7) is 27.5. The van der Waals surface area contributed by atoms with Crippen molar-refractivity contribution in [1.29, 1.82) is 0 Å². The van der Waals surface area contributed by atoms with Gasteiger partial charge in [0.15, 0.2) is 13.3 Å². The van der Waals surface area contributed by atoms with Crippen molar-refractivity contribution in [2.45, 2.75) is 118 Å². The Kier molecular flexibility index (Phi) is 10.3. The van der Waals surface area contributed by atoms with Crippen LogP contribution in [0.25, 0.3) is 0 Å². The van der Waals surface area contributed by atoms with E-state index in [0.29, 0.717) is 23.8 Å². The van der Waals surface area contributed by atoms with Crippen molar-refractivity contribution in [2.24, 2.45) is 0 Å². The number of carbonyl (C=O) groups excluding carboxylic acids is 2. The molecule has 2 aromatic rings. The van der Waals surface area contributed by atoms with E-state index in [1.807, 2.05) is 73.6 Å². The summed E-state index contributed by atoms with van der Waals surface area (Å²) in [6, 6.07) is 5.68. The topological polar surface area (TPSA) is 99.2 Å². The molecule has 0 spiro atoms. The summed E-state index contributed by atoms with van der Waals surface area (Å²) in [4.78, 5) is 33.1. The van der Waals surface area contributed by atoms with Gasteiger partial charge in [-0.25, -0.2) is 9.78 Å². The van der Waals surface area contributed by atoms with Crippen LogP contribution in [0.3, 0.4) is 0 Å². The molecule has 1 aliphatic rings. The van der Waals surface area contributed by atoms with Gasteiger partial charge in [0.25, 0.3) is 5.91 Å². The molecule has 0 saturated carbocycles. The molecule has 3 rings (SSSR count). The molecular weight excluding hydrogens is 581 g/mol. The second-order valence-corrected chi connectivity index (χ2v) is 20.6. The monoisotopic (exact) mass is 631 g/mol. The van der Waals surface area contributed by atoms with Crippen LogP contribution < -0.4 is 10.8 Å². The molecule has 1 aromatic carbocycles. The molecule has 0 radical (unpaired) electrons. The van der Waals surface area contributed by atoms with E-state index < -0.39 is 38.3 Å². The number of thiazole rings is 1. The van der Waals surface area contributed by atoms with Crippen molar-refractivity contribution < 1.29 is 28.1 Å². The van der Waals surface area contributed by atoms with E-state index in [2.05, 4.69) is 44.2 Å². The summed E-state index contributed by atoms with van der Waals surface area (Å²) in [6.07, 6.45) is 1.21. The Bertz CT molecular complexity index is 1300. The number of amides is 2. The molecule has 2 heterocycles. The summed E-state index contributed by atoms with van der Waals surface area (Å²) in [5.41, 5.74) is 0.816. The second kappa shape index (κ2) is 12.6. The van der Waals surface area contributed by atoms with Crippen LogP contribution in [0.2, 0.25) is 18.1 Å². The van der Waals surface area contributed by atoms with Gasteiger partial charge in [0.05, 0.1) is 24.4 Å². The van der Waals surface area contributed by atoms with Gasteiger partial charge in [-0.2, -0.15) is 0 Å². The van der Waals surface area contributed by atoms with Gasteiger partial charge in [-0.1, -0.05) is 32.9 Å². The van der Waals surface area contributed by atoms with Crippen LogP contribution in [0, 0.1) is 6.92 Å². The Labute approximate surface area is 263 Å². The number of ether oxygens (including phenoxy) is 1. The summed E-state index contributed by atoms with van der Waals surface area (Å²) >= 11 is 1.25. The maximum atomic E-state index is 13.3. The lowest BCUT2D eigenvalue weighted by molar-refractivity contribution is 0.00578. The molecule has 0 aliphatic carbocycles. The molecule has 238 valence electrons. The summed E-state index contributed by atoms with van der Waals surface area (Å²) in [7, 11) is -2.52. The maximum Gasteiger partial charge on any atom is 0.495 e. The summed E-state index contributed by atoms with van der Waals surface area (Å²) in [5, 5.41) is 3.36. The van der Waals surface area contributed by atoms with E-state index in [9.17, 15) is 9.59 Å². The highest BCUT2D eigenvalue weighted by molar-refractivity contribution is 7.13.